The van der Waals surface area contributed by atoms with Crippen LogP contribution in [0.5, 0.6) is 5.75 Å². The first-order valence-corrected chi connectivity index (χ1v) is 13.0. The Morgan fingerprint density at radius 2 is 1.94 bits per heavy atom. The van der Waals surface area contributed by atoms with Crippen LogP contribution in [-0.4, -0.2) is 80.0 Å². The first-order chi connectivity index (χ1) is 17.2. The SMILES string of the molecule is COc1ccc(-c2noc(N3CCC(C(=O)NCC4CCN(CC5CCCCO5)C4)CC3)n2)cc1. The quantitative estimate of drug-likeness (QED) is 0.613. The lowest BCUT2D eigenvalue weighted by Gasteiger charge is -2.30. The molecule has 0 saturated carbocycles. The maximum absolute atomic E-state index is 12.8. The van der Waals surface area contributed by atoms with Gasteiger partial charge in [-0.15, -0.1) is 0 Å². The number of carbonyl (C=O) groups excluding carboxylic acids is 1. The van der Waals surface area contributed by atoms with E-state index in [4.69, 9.17) is 14.0 Å². The maximum Gasteiger partial charge on any atom is 0.324 e. The van der Waals surface area contributed by atoms with E-state index in [-0.39, 0.29) is 11.8 Å². The van der Waals surface area contributed by atoms with Gasteiger partial charge in [0.25, 0.3) is 0 Å². The summed E-state index contributed by atoms with van der Waals surface area (Å²) in [4.78, 5) is 22.0. The zero-order chi connectivity index (χ0) is 24.0. The minimum Gasteiger partial charge on any atom is -0.497 e. The number of aromatic nitrogens is 2. The summed E-state index contributed by atoms with van der Waals surface area (Å²) in [5, 5.41) is 7.36. The van der Waals surface area contributed by atoms with Crippen molar-refractivity contribution in [3.8, 4) is 17.1 Å². The highest BCUT2D eigenvalue weighted by atomic mass is 16.5. The molecule has 3 saturated heterocycles. The number of hydrogen-bond acceptors (Lipinski definition) is 8. The molecule has 2 aromatic rings. The molecule has 190 valence electrons. The Morgan fingerprint density at radius 1 is 1.11 bits per heavy atom. The van der Waals surface area contributed by atoms with E-state index in [1.807, 2.05) is 24.3 Å². The van der Waals surface area contributed by atoms with Crippen molar-refractivity contribution in [3.05, 3.63) is 24.3 Å². The lowest BCUT2D eigenvalue weighted by Crippen LogP contribution is -2.42. The number of nitrogens with one attached hydrogen (secondary N) is 1. The van der Waals surface area contributed by atoms with Gasteiger partial charge in [0.2, 0.25) is 11.7 Å². The molecule has 9 nitrogen and oxygen atoms in total. The van der Waals surface area contributed by atoms with Gasteiger partial charge < -0.3 is 29.1 Å². The summed E-state index contributed by atoms with van der Waals surface area (Å²) in [5.41, 5.74) is 0.881. The molecule has 0 bridgehead atoms. The van der Waals surface area contributed by atoms with Gasteiger partial charge in [0, 0.05) is 50.8 Å². The lowest BCUT2D eigenvalue weighted by molar-refractivity contribution is -0.125. The number of piperidine rings is 1. The Balaban J connectivity index is 1.03. The highest BCUT2D eigenvalue weighted by molar-refractivity contribution is 5.79. The third-order valence-electron chi connectivity index (χ3n) is 7.57. The summed E-state index contributed by atoms with van der Waals surface area (Å²) in [6.07, 6.45) is 6.80. The molecule has 1 aromatic heterocycles. The maximum atomic E-state index is 12.8. The Kier molecular flexibility index (Phi) is 7.83. The van der Waals surface area contributed by atoms with Gasteiger partial charge in [-0.2, -0.15) is 4.98 Å². The van der Waals surface area contributed by atoms with Gasteiger partial charge in [0.1, 0.15) is 5.75 Å². The van der Waals surface area contributed by atoms with E-state index < -0.39 is 0 Å². The number of rotatable bonds is 8. The summed E-state index contributed by atoms with van der Waals surface area (Å²) in [6.45, 7) is 6.37. The number of nitrogens with zero attached hydrogens (tertiary/aromatic N) is 4. The highest BCUT2D eigenvalue weighted by Crippen LogP contribution is 2.26. The van der Waals surface area contributed by atoms with Gasteiger partial charge in [-0.1, -0.05) is 5.16 Å². The molecule has 2 atom stereocenters. The Bertz CT molecular complexity index is 951. The Hall–Kier alpha value is -2.65. The second kappa shape index (κ2) is 11.4. The van der Waals surface area contributed by atoms with Crippen LogP contribution in [0.15, 0.2) is 28.8 Å². The lowest BCUT2D eigenvalue weighted by atomic mass is 9.96. The molecule has 5 rings (SSSR count). The summed E-state index contributed by atoms with van der Waals surface area (Å²) in [7, 11) is 1.64. The predicted octanol–water partition coefficient (Wildman–Crippen LogP) is 2.97. The highest BCUT2D eigenvalue weighted by Gasteiger charge is 2.30. The first kappa shape index (κ1) is 24.1. The smallest absolute Gasteiger partial charge is 0.324 e. The fraction of sp³-hybridized carbons (Fsp3) is 0.654. The molecular formula is C26H37N5O4. The zero-order valence-electron chi connectivity index (χ0n) is 20.7. The molecule has 4 heterocycles. The molecule has 3 fully saturated rings. The van der Waals surface area contributed by atoms with Crippen molar-refractivity contribution in [3.63, 3.8) is 0 Å². The minimum atomic E-state index is 0.0448. The molecule has 1 amide bonds. The summed E-state index contributed by atoms with van der Waals surface area (Å²) >= 11 is 0. The van der Waals surface area contributed by atoms with Gasteiger partial charge in [-0.05, 0) is 75.3 Å². The predicted molar refractivity (Wildman–Crippen MR) is 132 cm³/mol. The van der Waals surface area contributed by atoms with E-state index in [2.05, 4.69) is 25.3 Å². The van der Waals surface area contributed by atoms with Gasteiger partial charge in [0.05, 0.1) is 13.2 Å². The number of benzene rings is 1. The van der Waals surface area contributed by atoms with Gasteiger partial charge in [-0.25, -0.2) is 0 Å². The fourth-order valence-electron chi connectivity index (χ4n) is 5.41. The Labute approximate surface area is 207 Å². The summed E-state index contributed by atoms with van der Waals surface area (Å²) < 4.78 is 16.6. The molecule has 0 aliphatic carbocycles. The summed E-state index contributed by atoms with van der Waals surface area (Å²) in [5.74, 6) is 2.12. The second-order valence-electron chi connectivity index (χ2n) is 10.0. The van der Waals surface area contributed by atoms with Crippen molar-refractivity contribution in [2.45, 2.75) is 44.6 Å². The van der Waals surface area contributed by atoms with Crippen LogP contribution in [-0.2, 0) is 9.53 Å². The average molecular weight is 484 g/mol. The van der Waals surface area contributed by atoms with Gasteiger partial charge in [0.15, 0.2) is 0 Å². The van der Waals surface area contributed by atoms with E-state index in [1.165, 1.54) is 19.3 Å². The van der Waals surface area contributed by atoms with Gasteiger partial charge >= 0.3 is 6.01 Å². The molecule has 3 aliphatic heterocycles. The normalized spacial score (nSPS) is 24.0. The van der Waals surface area contributed by atoms with Crippen LogP contribution in [0, 0.1) is 11.8 Å². The molecule has 0 radical (unpaired) electrons. The largest absolute Gasteiger partial charge is 0.497 e. The number of methoxy groups -OCH3 is 1. The molecule has 9 heteroatoms. The zero-order valence-corrected chi connectivity index (χ0v) is 20.7. The van der Waals surface area contributed by atoms with Gasteiger partial charge in [-0.3, -0.25) is 4.79 Å². The van der Waals surface area contributed by atoms with Crippen LogP contribution in [0.3, 0.4) is 0 Å². The molecule has 3 aliphatic rings. The minimum absolute atomic E-state index is 0.0448. The number of ether oxygens (including phenoxy) is 2. The third kappa shape index (κ3) is 6.13. The number of carbonyl (C=O) groups is 1. The molecule has 1 aromatic carbocycles. The number of amides is 1. The topological polar surface area (TPSA) is 93.0 Å². The van der Waals surface area contributed by atoms with Crippen LogP contribution >= 0.6 is 0 Å². The molecule has 2 unspecified atom stereocenters. The van der Waals surface area contributed by atoms with Crippen molar-refractivity contribution >= 4 is 11.9 Å². The molecule has 1 N–H and O–H groups in total. The van der Waals surface area contributed by atoms with Crippen LogP contribution in [0.4, 0.5) is 6.01 Å². The van der Waals surface area contributed by atoms with E-state index >= 15 is 0 Å². The molecule has 0 spiro atoms. The van der Waals surface area contributed by atoms with Crippen molar-refractivity contribution in [2.24, 2.45) is 11.8 Å². The Morgan fingerprint density at radius 3 is 2.69 bits per heavy atom. The first-order valence-electron chi connectivity index (χ1n) is 13.0. The fourth-order valence-corrected chi connectivity index (χ4v) is 5.41. The van der Waals surface area contributed by atoms with E-state index in [0.717, 1.165) is 76.5 Å². The summed E-state index contributed by atoms with van der Waals surface area (Å²) in [6, 6.07) is 8.10. The van der Waals surface area contributed by atoms with Crippen molar-refractivity contribution in [1.29, 1.82) is 0 Å². The molecular weight excluding hydrogens is 446 g/mol. The van der Waals surface area contributed by atoms with Crippen LogP contribution in [0.25, 0.3) is 11.4 Å². The van der Waals surface area contributed by atoms with E-state index in [0.29, 0.717) is 23.9 Å². The average Bonchev–Trinajstić information content (AvgIpc) is 3.58. The monoisotopic (exact) mass is 483 g/mol. The molecule has 35 heavy (non-hydrogen) atoms. The van der Waals surface area contributed by atoms with Crippen molar-refractivity contribution in [1.82, 2.24) is 20.4 Å². The number of hydrogen-bond donors (Lipinski definition) is 1. The van der Waals surface area contributed by atoms with Crippen molar-refractivity contribution in [2.75, 3.05) is 57.9 Å². The standard InChI is InChI=1S/C26H37N5O4/c1-33-22-7-5-20(6-8-22)24-28-26(35-29-24)31-13-10-21(11-14-31)25(32)27-16-19-9-12-30(17-19)18-23-4-2-3-15-34-23/h5-8,19,21,23H,2-4,9-18H2,1H3,(H,27,32). The number of likely N-dealkylation sites (tertiary alicyclic amines) is 1. The van der Waals surface area contributed by atoms with Crippen LogP contribution in [0.1, 0.15) is 38.5 Å². The van der Waals surface area contributed by atoms with Crippen molar-refractivity contribution < 1.29 is 18.8 Å². The van der Waals surface area contributed by atoms with Crippen LogP contribution < -0.4 is 15.0 Å². The third-order valence-corrected chi connectivity index (χ3v) is 7.57. The second-order valence-corrected chi connectivity index (χ2v) is 10.0. The van der Waals surface area contributed by atoms with E-state index in [1.54, 1.807) is 7.11 Å². The van der Waals surface area contributed by atoms with E-state index in [9.17, 15) is 4.79 Å². The number of anilines is 1. The van der Waals surface area contributed by atoms with Crippen LogP contribution in [0.2, 0.25) is 0 Å².